The van der Waals surface area contributed by atoms with Crippen molar-refractivity contribution in [3.8, 4) is 23.0 Å². The molecule has 2 aromatic rings. The van der Waals surface area contributed by atoms with Crippen LogP contribution in [0.25, 0.3) is 0 Å². The van der Waals surface area contributed by atoms with E-state index >= 15 is 0 Å². The quantitative estimate of drug-likeness (QED) is 0.212. The highest BCUT2D eigenvalue weighted by Crippen LogP contribution is 2.45. The molecule has 12 heteroatoms. The van der Waals surface area contributed by atoms with Gasteiger partial charge in [-0.3, -0.25) is 0 Å². The molecule has 0 aliphatic carbocycles. The van der Waals surface area contributed by atoms with Gasteiger partial charge in [0.15, 0.2) is 23.0 Å². The van der Waals surface area contributed by atoms with Crippen LogP contribution in [0.15, 0.2) is 36.4 Å². The van der Waals surface area contributed by atoms with E-state index in [4.69, 9.17) is 23.7 Å². The fourth-order valence-electron chi connectivity index (χ4n) is 4.92. The first-order valence-corrected chi connectivity index (χ1v) is 12.1. The first-order valence-electron chi connectivity index (χ1n) is 12.1. The van der Waals surface area contributed by atoms with Crippen molar-refractivity contribution < 1.29 is 59.4 Å². The summed E-state index contributed by atoms with van der Waals surface area (Å²) >= 11 is 0. The molecule has 2 heterocycles. The number of aliphatic hydroxyl groups is 6. The lowest BCUT2D eigenvalue weighted by Gasteiger charge is -2.39. The molecule has 0 unspecified atom stereocenters. The molecule has 0 saturated carbocycles. The number of aliphatic hydroxyl groups excluding tert-OH is 5. The zero-order valence-corrected chi connectivity index (χ0v) is 21.0. The number of phenolic OH excluding ortho intramolecular Hbond substituents is 1. The van der Waals surface area contributed by atoms with Crippen molar-refractivity contribution in [2.24, 2.45) is 5.92 Å². The number of rotatable bonds is 9. The number of benzene rings is 2. The Bertz CT molecular complexity index is 1090. The highest BCUT2D eigenvalue weighted by atomic mass is 16.7. The Hall–Kier alpha value is -2.68. The normalized spacial score (nSPS) is 33.2. The maximum Gasteiger partial charge on any atom is 0.229 e. The molecule has 2 aliphatic rings. The molecule has 4 rings (SSSR count). The Morgan fingerprint density at radius 2 is 1.66 bits per heavy atom. The van der Waals surface area contributed by atoms with Crippen LogP contribution in [0.4, 0.5) is 0 Å². The standard InChI is InChI=1S/C26H34O12/c1-34-18-9-14(4-5-16(18)29)24-26(33,12-28)15(11-36-24)7-13-3-6-17(19(8-13)35-2)37-25-23(32)22(31)21(30)20(10-27)38-25/h3-6,8-9,15,20-25,27-33H,7,10-12H2,1-2H3/t15-,20-,21-,22-,23-,24+,25+,26+/m0/s1. The molecule has 0 spiro atoms. The second-order valence-electron chi connectivity index (χ2n) is 9.50. The zero-order valence-electron chi connectivity index (χ0n) is 21.0. The summed E-state index contributed by atoms with van der Waals surface area (Å²) in [6, 6.07) is 9.51. The number of methoxy groups -OCH3 is 2. The summed E-state index contributed by atoms with van der Waals surface area (Å²) in [4.78, 5) is 0. The lowest BCUT2D eigenvalue weighted by atomic mass is 9.80. The Kier molecular flexibility index (Phi) is 8.65. The van der Waals surface area contributed by atoms with Crippen LogP contribution in [0.5, 0.6) is 23.0 Å². The van der Waals surface area contributed by atoms with E-state index < -0.39 is 61.5 Å². The van der Waals surface area contributed by atoms with E-state index in [-0.39, 0.29) is 29.6 Å². The summed E-state index contributed by atoms with van der Waals surface area (Å²) in [6.45, 7) is -1.01. The van der Waals surface area contributed by atoms with Gasteiger partial charge in [-0.25, -0.2) is 0 Å². The lowest BCUT2D eigenvalue weighted by molar-refractivity contribution is -0.277. The van der Waals surface area contributed by atoms with Crippen molar-refractivity contribution in [2.45, 2.75) is 48.8 Å². The van der Waals surface area contributed by atoms with E-state index in [9.17, 15) is 35.7 Å². The van der Waals surface area contributed by atoms with E-state index in [1.54, 1.807) is 30.3 Å². The van der Waals surface area contributed by atoms with Gasteiger partial charge in [-0.05, 0) is 41.8 Å². The summed E-state index contributed by atoms with van der Waals surface area (Å²) in [5.41, 5.74) is -0.354. The minimum Gasteiger partial charge on any atom is -0.504 e. The molecule has 0 aromatic heterocycles. The molecule has 2 saturated heterocycles. The van der Waals surface area contributed by atoms with Gasteiger partial charge in [0.1, 0.15) is 36.1 Å². The first-order chi connectivity index (χ1) is 18.2. The molecule has 2 aromatic carbocycles. The molecule has 12 nitrogen and oxygen atoms in total. The number of phenols is 1. The monoisotopic (exact) mass is 538 g/mol. The summed E-state index contributed by atoms with van der Waals surface area (Å²) in [7, 11) is 2.82. The molecular weight excluding hydrogens is 504 g/mol. The second kappa shape index (κ2) is 11.6. The number of aromatic hydroxyl groups is 1. The molecule has 2 aliphatic heterocycles. The minimum atomic E-state index is -1.62. The fraction of sp³-hybridized carbons (Fsp3) is 0.538. The third-order valence-electron chi connectivity index (χ3n) is 7.19. The van der Waals surface area contributed by atoms with Crippen molar-refractivity contribution in [3.05, 3.63) is 47.5 Å². The highest BCUT2D eigenvalue weighted by molar-refractivity contribution is 5.45. The van der Waals surface area contributed by atoms with Gasteiger partial charge in [0, 0.05) is 5.92 Å². The van der Waals surface area contributed by atoms with Crippen LogP contribution in [-0.4, -0.2) is 106 Å². The lowest BCUT2D eigenvalue weighted by Crippen LogP contribution is -2.60. The third kappa shape index (κ3) is 5.26. The van der Waals surface area contributed by atoms with E-state index in [0.717, 1.165) is 5.56 Å². The first kappa shape index (κ1) is 28.3. The summed E-state index contributed by atoms with van der Waals surface area (Å²) < 4.78 is 27.6. The van der Waals surface area contributed by atoms with E-state index in [1.807, 2.05) is 0 Å². The predicted octanol–water partition coefficient (Wildman–Crippen LogP) is -0.758. The molecule has 7 N–H and O–H groups in total. The Labute approximate surface area is 219 Å². The Balaban J connectivity index is 1.51. The third-order valence-corrected chi connectivity index (χ3v) is 7.19. The number of ether oxygens (including phenoxy) is 5. The van der Waals surface area contributed by atoms with Gasteiger partial charge < -0.3 is 59.4 Å². The fourth-order valence-corrected chi connectivity index (χ4v) is 4.92. The summed E-state index contributed by atoms with van der Waals surface area (Å²) in [6.07, 6.45) is -7.73. The average Bonchev–Trinajstić information content (AvgIpc) is 3.25. The zero-order chi connectivity index (χ0) is 27.6. The van der Waals surface area contributed by atoms with Crippen molar-refractivity contribution in [3.63, 3.8) is 0 Å². The number of hydrogen-bond acceptors (Lipinski definition) is 12. The molecule has 0 amide bonds. The van der Waals surface area contributed by atoms with Crippen molar-refractivity contribution in [1.29, 1.82) is 0 Å². The van der Waals surface area contributed by atoms with Crippen LogP contribution in [-0.2, 0) is 15.9 Å². The van der Waals surface area contributed by atoms with Gasteiger partial charge in [-0.15, -0.1) is 0 Å². The van der Waals surface area contributed by atoms with Crippen LogP contribution < -0.4 is 14.2 Å². The summed E-state index contributed by atoms with van der Waals surface area (Å²) in [5.74, 6) is 0.103. The van der Waals surface area contributed by atoms with Crippen LogP contribution >= 0.6 is 0 Å². The SMILES string of the molecule is COc1cc([C@H]2OC[C@H](Cc3ccc(O[C@@H]4O[C@@H](CO)[C@H](O)[C@H](O)[C@@H]4O)c(OC)c3)[C@]2(O)CO)ccc1O. The maximum absolute atomic E-state index is 11.4. The van der Waals surface area contributed by atoms with Crippen LogP contribution in [0.2, 0.25) is 0 Å². The topological polar surface area (TPSA) is 188 Å². The second-order valence-corrected chi connectivity index (χ2v) is 9.50. The molecule has 210 valence electrons. The van der Waals surface area contributed by atoms with Crippen molar-refractivity contribution >= 4 is 0 Å². The largest absolute Gasteiger partial charge is 0.504 e. The average molecular weight is 539 g/mol. The van der Waals surface area contributed by atoms with Gasteiger partial charge >= 0.3 is 0 Å². The van der Waals surface area contributed by atoms with Gasteiger partial charge in [0.2, 0.25) is 6.29 Å². The van der Waals surface area contributed by atoms with Crippen molar-refractivity contribution in [1.82, 2.24) is 0 Å². The van der Waals surface area contributed by atoms with Gasteiger partial charge in [0.05, 0.1) is 34.0 Å². The van der Waals surface area contributed by atoms with Gasteiger partial charge in [-0.1, -0.05) is 12.1 Å². The van der Waals surface area contributed by atoms with Gasteiger partial charge in [-0.2, -0.15) is 0 Å². The predicted molar refractivity (Wildman–Crippen MR) is 130 cm³/mol. The van der Waals surface area contributed by atoms with Crippen LogP contribution in [0.3, 0.4) is 0 Å². The molecule has 0 radical (unpaired) electrons. The molecule has 38 heavy (non-hydrogen) atoms. The Morgan fingerprint density at radius 3 is 2.32 bits per heavy atom. The molecule has 0 bridgehead atoms. The summed E-state index contributed by atoms with van der Waals surface area (Å²) in [5, 5.41) is 71.2. The van der Waals surface area contributed by atoms with Crippen LogP contribution in [0, 0.1) is 5.92 Å². The van der Waals surface area contributed by atoms with Crippen molar-refractivity contribution in [2.75, 3.05) is 34.0 Å². The van der Waals surface area contributed by atoms with E-state index in [0.29, 0.717) is 12.0 Å². The van der Waals surface area contributed by atoms with Crippen LogP contribution in [0.1, 0.15) is 17.2 Å². The highest BCUT2D eigenvalue weighted by Gasteiger charge is 2.51. The van der Waals surface area contributed by atoms with E-state index in [2.05, 4.69) is 0 Å². The maximum atomic E-state index is 11.4. The smallest absolute Gasteiger partial charge is 0.229 e. The van der Waals surface area contributed by atoms with E-state index in [1.165, 1.54) is 20.3 Å². The minimum absolute atomic E-state index is 0.0588. The molecular formula is C26H34O12. The number of hydrogen-bond donors (Lipinski definition) is 7. The van der Waals surface area contributed by atoms with Gasteiger partial charge in [0.25, 0.3) is 0 Å². The Morgan fingerprint density at radius 1 is 0.921 bits per heavy atom. The molecule has 8 atom stereocenters. The molecule has 2 fully saturated rings.